The molecule has 1 rings (SSSR count). The summed E-state index contributed by atoms with van der Waals surface area (Å²) in [6, 6.07) is 10.9. The number of unbranched alkanes of at least 4 members (excludes halogenated alkanes) is 1. The molecule has 1 atom stereocenters. The minimum absolute atomic E-state index is 0.451. The van der Waals surface area contributed by atoms with Gasteiger partial charge in [-0.25, -0.2) is 0 Å². The van der Waals surface area contributed by atoms with Gasteiger partial charge in [0.2, 0.25) is 0 Å². The Hall–Kier alpha value is -1.55. The maximum atomic E-state index is 5.68. The van der Waals surface area contributed by atoms with Crippen LogP contribution in [-0.2, 0) is 11.2 Å². The van der Waals surface area contributed by atoms with E-state index in [9.17, 15) is 0 Å². The average molecular weight is 305 g/mol. The van der Waals surface area contributed by atoms with E-state index in [-0.39, 0.29) is 0 Å². The van der Waals surface area contributed by atoms with Crippen molar-refractivity contribution in [1.82, 2.24) is 10.6 Å². The predicted molar refractivity (Wildman–Crippen MR) is 94.4 cm³/mol. The molecule has 0 bridgehead atoms. The van der Waals surface area contributed by atoms with E-state index in [0.29, 0.717) is 6.04 Å². The van der Waals surface area contributed by atoms with Crippen LogP contribution in [0.25, 0.3) is 0 Å². The Bertz CT molecular complexity index is 406. The number of aliphatic imine (C=N–C) groups is 1. The second-order valence-electron chi connectivity index (χ2n) is 5.51. The molecule has 0 aliphatic heterocycles. The standard InChI is InChI=1S/C18H31N3O/c1-4-16(2)21-18(19-3)20-13-8-9-14-22-15-12-17-10-6-5-7-11-17/h5-7,10-11,16H,4,8-9,12-15H2,1-3H3,(H2,19,20,21). The van der Waals surface area contributed by atoms with Crippen LogP contribution in [-0.4, -0.2) is 38.8 Å². The van der Waals surface area contributed by atoms with Gasteiger partial charge in [-0.1, -0.05) is 37.3 Å². The van der Waals surface area contributed by atoms with Crippen molar-refractivity contribution in [2.24, 2.45) is 4.99 Å². The number of guanidine groups is 1. The summed E-state index contributed by atoms with van der Waals surface area (Å²) in [6.07, 6.45) is 4.25. The van der Waals surface area contributed by atoms with Gasteiger partial charge in [0, 0.05) is 26.2 Å². The average Bonchev–Trinajstić information content (AvgIpc) is 2.56. The Labute approximate surface area is 135 Å². The summed E-state index contributed by atoms with van der Waals surface area (Å²) in [4.78, 5) is 4.22. The molecule has 0 fully saturated rings. The van der Waals surface area contributed by atoms with E-state index in [1.54, 1.807) is 0 Å². The molecule has 0 heterocycles. The molecule has 0 saturated heterocycles. The van der Waals surface area contributed by atoms with Gasteiger partial charge in [0.05, 0.1) is 6.61 Å². The molecule has 0 aliphatic rings. The Balaban J connectivity index is 1.97. The third kappa shape index (κ3) is 8.67. The Morgan fingerprint density at radius 3 is 2.64 bits per heavy atom. The zero-order chi connectivity index (χ0) is 16.0. The lowest BCUT2D eigenvalue weighted by molar-refractivity contribution is 0.133. The fourth-order valence-electron chi connectivity index (χ4n) is 2.00. The molecular weight excluding hydrogens is 274 g/mol. The minimum atomic E-state index is 0.451. The van der Waals surface area contributed by atoms with Crippen molar-refractivity contribution < 1.29 is 4.74 Å². The van der Waals surface area contributed by atoms with Crippen LogP contribution in [0.5, 0.6) is 0 Å². The highest BCUT2D eigenvalue weighted by Crippen LogP contribution is 2.00. The van der Waals surface area contributed by atoms with Crippen LogP contribution >= 0.6 is 0 Å². The molecule has 1 unspecified atom stereocenters. The van der Waals surface area contributed by atoms with Crippen molar-refractivity contribution in [3.63, 3.8) is 0 Å². The zero-order valence-electron chi connectivity index (χ0n) is 14.3. The highest BCUT2D eigenvalue weighted by Gasteiger charge is 2.01. The summed E-state index contributed by atoms with van der Waals surface area (Å²) in [6.45, 7) is 6.88. The first-order valence-electron chi connectivity index (χ1n) is 8.35. The van der Waals surface area contributed by atoms with Crippen LogP contribution < -0.4 is 10.6 Å². The third-order valence-corrected chi connectivity index (χ3v) is 3.60. The number of rotatable bonds is 10. The van der Waals surface area contributed by atoms with E-state index in [1.165, 1.54) is 5.56 Å². The van der Waals surface area contributed by atoms with Gasteiger partial charge in [-0.3, -0.25) is 4.99 Å². The number of hydrogen-bond donors (Lipinski definition) is 2. The molecule has 0 aliphatic carbocycles. The first kappa shape index (κ1) is 18.5. The maximum Gasteiger partial charge on any atom is 0.191 e. The minimum Gasteiger partial charge on any atom is -0.381 e. The van der Waals surface area contributed by atoms with E-state index in [0.717, 1.165) is 51.4 Å². The topological polar surface area (TPSA) is 45.7 Å². The molecule has 124 valence electrons. The lowest BCUT2D eigenvalue weighted by atomic mass is 10.2. The highest BCUT2D eigenvalue weighted by atomic mass is 16.5. The molecule has 0 amide bonds. The first-order valence-corrected chi connectivity index (χ1v) is 8.35. The molecule has 0 radical (unpaired) electrons. The van der Waals surface area contributed by atoms with Gasteiger partial charge in [0.15, 0.2) is 5.96 Å². The number of nitrogens with one attached hydrogen (secondary N) is 2. The molecule has 0 aromatic heterocycles. The quantitative estimate of drug-likeness (QED) is 0.397. The number of hydrogen-bond acceptors (Lipinski definition) is 2. The molecule has 1 aromatic rings. The van der Waals surface area contributed by atoms with E-state index in [4.69, 9.17) is 4.74 Å². The van der Waals surface area contributed by atoms with E-state index >= 15 is 0 Å². The summed E-state index contributed by atoms with van der Waals surface area (Å²) < 4.78 is 5.68. The van der Waals surface area contributed by atoms with Crippen molar-refractivity contribution in [3.05, 3.63) is 35.9 Å². The normalized spacial score (nSPS) is 13.0. The molecule has 4 heteroatoms. The maximum absolute atomic E-state index is 5.68. The Morgan fingerprint density at radius 2 is 1.95 bits per heavy atom. The fourth-order valence-corrected chi connectivity index (χ4v) is 2.00. The van der Waals surface area contributed by atoms with Crippen molar-refractivity contribution in [3.8, 4) is 0 Å². The van der Waals surface area contributed by atoms with Crippen molar-refractivity contribution >= 4 is 5.96 Å². The van der Waals surface area contributed by atoms with Crippen LogP contribution in [0.15, 0.2) is 35.3 Å². The van der Waals surface area contributed by atoms with Crippen molar-refractivity contribution in [1.29, 1.82) is 0 Å². The Morgan fingerprint density at radius 1 is 1.18 bits per heavy atom. The third-order valence-electron chi connectivity index (χ3n) is 3.60. The number of nitrogens with zero attached hydrogens (tertiary/aromatic N) is 1. The van der Waals surface area contributed by atoms with Gasteiger partial charge in [0.1, 0.15) is 0 Å². The van der Waals surface area contributed by atoms with Crippen LogP contribution in [0.3, 0.4) is 0 Å². The number of ether oxygens (including phenoxy) is 1. The van der Waals surface area contributed by atoms with Gasteiger partial charge >= 0.3 is 0 Å². The fraction of sp³-hybridized carbons (Fsp3) is 0.611. The predicted octanol–water partition coefficient (Wildman–Crippen LogP) is 2.99. The highest BCUT2D eigenvalue weighted by molar-refractivity contribution is 5.79. The monoisotopic (exact) mass is 305 g/mol. The molecule has 0 spiro atoms. The van der Waals surface area contributed by atoms with Gasteiger partial charge in [-0.05, 0) is 38.2 Å². The van der Waals surface area contributed by atoms with Crippen LogP contribution in [0.2, 0.25) is 0 Å². The van der Waals surface area contributed by atoms with E-state index in [1.807, 2.05) is 13.1 Å². The van der Waals surface area contributed by atoms with Gasteiger partial charge in [-0.2, -0.15) is 0 Å². The molecule has 22 heavy (non-hydrogen) atoms. The SMILES string of the molecule is CCC(C)NC(=NC)NCCCCOCCc1ccccc1. The molecule has 4 nitrogen and oxygen atoms in total. The summed E-state index contributed by atoms with van der Waals surface area (Å²) in [5.41, 5.74) is 1.34. The Kier molecular flexibility index (Phi) is 10.1. The smallest absolute Gasteiger partial charge is 0.191 e. The van der Waals surface area contributed by atoms with E-state index in [2.05, 4.69) is 53.7 Å². The second kappa shape index (κ2) is 12.0. The van der Waals surface area contributed by atoms with Gasteiger partial charge in [-0.15, -0.1) is 0 Å². The van der Waals surface area contributed by atoms with Crippen LogP contribution in [0.1, 0.15) is 38.7 Å². The lowest BCUT2D eigenvalue weighted by Crippen LogP contribution is -2.42. The van der Waals surface area contributed by atoms with Crippen molar-refractivity contribution in [2.45, 2.75) is 45.6 Å². The summed E-state index contributed by atoms with van der Waals surface area (Å²) in [5, 5.41) is 6.69. The largest absolute Gasteiger partial charge is 0.381 e. The summed E-state index contributed by atoms with van der Waals surface area (Å²) >= 11 is 0. The van der Waals surface area contributed by atoms with Crippen molar-refractivity contribution in [2.75, 3.05) is 26.8 Å². The zero-order valence-corrected chi connectivity index (χ0v) is 14.3. The van der Waals surface area contributed by atoms with Gasteiger partial charge < -0.3 is 15.4 Å². The molecular formula is C18H31N3O. The van der Waals surface area contributed by atoms with E-state index < -0.39 is 0 Å². The van der Waals surface area contributed by atoms with Crippen LogP contribution in [0, 0.1) is 0 Å². The molecule has 1 aromatic carbocycles. The summed E-state index contributed by atoms with van der Waals surface area (Å²) in [5.74, 6) is 0.888. The lowest BCUT2D eigenvalue weighted by Gasteiger charge is -2.16. The summed E-state index contributed by atoms with van der Waals surface area (Å²) in [7, 11) is 1.81. The molecule has 2 N–H and O–H groups in total. The van der Waals surface area contributed by atoms with Gasteiger partial charge in [0.25, 0.3) is 0 Å². The second-order valence-corrected chi connectivity index (χ2v) is 5.51. The first-order chi connectivity index (χ1) is 10.8. The number of benzene rings is 1. The molecule has 0 saturated carbocycles. The van der Waals surface area contributed by atoms with Crippen LogP contribution in [0.4, 0.5) is 0 Å².